The summed E-state index contributed by atoms with van der Waals surface area (Å²) in [7, 11) is 1.55. The van der Waals surface area contributed by atoms with Gasteiger partial charge in [-0.15, -0.1) is 0 Å². The number of nitrogens with zero attached hydrogens (tertiary/aromatic N) is 1. The molecule has 1 amide bonds. The van der Waals surface area contributed by atoms with Crippen LogP contribution in [-0.4, -0.2) is 19.4 Å². The van der Waals surface area contributed by atoms with Crippen molar-refractivity contribution in [2.24, 2.45) is 5.16 Å². The molecule has 0 fully saturated rings. The molecule has 2 aromatic carbocycles. The number of amides is 1. The van der Waals surface area contributed by atoms with Crippen LogP contribution in [0.3, 0.4) is 0 Å². The first-order valence-corrected chi connectivity index (χ1v) is 6.47. The Balaban J connectivity index is 1.93. The van der Waals surface area contributed by atoms with Gasteiger partial charge in [0.05, 0.1) is 13.3 Å². The fourth-order valence-corrected chi connectivity index (χ4v) is 1.80. The molecule has 0 aliphatic carbocycles. The highest BCUT2D eigenvalue weighted by Gasteiger charge is 2.03. The summed E-state index contributed by atoms with van der Waals surface area (Å²) in [4.78, 5) is 16.3. The SMILES string of the molecule is COc1ccccc1/C=N/OC(=O)Nc1cccc(Cl)c1. The molecule has 1 N–H and O–H groups in total. The van der Waals surface area contributed by atoms with E-state index in [1.165, 1.54) is 6.21 Å². The van der Waals surface area contributed by atoms with Crippen LogP contribution in [0.5, 0.6) is 5.75 Å². The summed E-state index contributed by atoms with van der Waals surface area (Å²) >= 11 is 5.81. The van der Waals surface area contributed by atoms with Gasteiger partial charge >= 0.3 is 6.09 Å². The van der Waals surface area contributed by atoms with Gasteiger partial charge in [-0.1, -0.05) is 35.0 Å². The van der Waals surface area contributed by atoms with Crippen LogP contribution in [0.4, 0.5) is 10.5 Å². The molecule has 0 radical (unpaired) electrons. The predicted octanol–water partition coefficient (Wildman–Crippen LogP) is 3.93. The second kappa shape index (κ2) is 7.31. The van der Waals surface area contributed by atoms with Crippen molar-refractivity contribution in [3.05, 3.63) is 59.1 Å². The standard InChI is InChI=1S/C15H13ClN2O3/c1-20-14-8-3-2-5-11(14)10-17-21-15(19)18-13-7-4-6-12(16)9-13/h2-10H,1H3,(H,18,19)/b17-10+. The van der Waals surface area contributed by atoms with E-state index in [2.05, 4.69) is 10.5 Å². The minimum atomic E-state index is -0.705. The summed E-state index contributed by atoms with van der Waals surface area (Å²) in [5, 5.41) is 6.64. The molecule has 6 heteroatoms. The highest BCUT2D eigenvalue weighted by Crippen LogP contribution is 2.16. The zero-order valence-electron chi connectivity index (χ0n) is 11.2. The number of carbonyl (C=O) groups is 1. The summed E-state index contributed by atoms with van der Waals surface area (Å²) in [6.45, 7) is 0. The molecule has 0 atom stereocenters. The van der Waals surface area contributed by atoms with Crippen LogP contribution in [-0.2, 0) is 4.84 Å². The van der Waals surface area contributed by atoms with E-state index in [9.17, 15) is 4.79 Å². The topological polar surface area (TPSA) is 59.9 Å². The van der Waals surface area contributed by atoms with Crippen molar-refractivity contribution in [1.82, 2.24) is 0 Å². The van der Waals surface area contributed by atoms with E-state index in [0.29, 0.717) is 22.0 Å². The van der Waals surface area contributed by atoms with Crippen molar-refractivity contribution in [3.63, 3.8) is 0 Å². The van der Waals surface area contributed by atoms with E-state index >= 15 is 0 Å². The van der Waals surface area contributed by atoms with E-state index in [-0.39, 0.29) is 0 Å². The molecule has 0 aliphatic rings. The molecular formula is C15H13ClN2O3. The molecule has 0 bridgehead atoms. The largest absolute Gasteiger partial charge is 0.496 e. The van der Waals surface area contributed by atoms with Gasteiger partial charge in [0.2, 0.25) is 0 Å². The Bertz CT molecular complexity index is 659. The summed E-state index contributed by atoms with van der Waals surface area (Å²) in [6, 6.07) is 14.0. The molecule has 2 rings (SSSR count). The molecule has 0 saturated heterocycles. The van der Waals surface area contributed by atoms with Gasteiger partial charge in [0.1, 0.15) is 5.75 Å². The lowest BCUT2D eigenvalue weighted by atomic mass is 10.2. The average molecular weight is 305 g/mol. The quantitative estimate of drug-likeness (QED) is 0.529. The van der Waals surface area contributed by atoms with Crippen molar-refractivity contribution >= 4 is 29.6 Å². The van der Waals surface area contributed by atoms with Gasteiger partial charge in [0.25, 0.3) is 0 Å². The van der Waals surface area contributed by atoms with Crippen LogP contribution in [0.2, 0.25) is 5.02 Å². The Morgan fingerprint density at radius 3 is 2.81 bits per heavy atom. The molecule has 21 heavy (non-hydrogen) atoms. The molecule has 108 valence electrons. The first-order valence-electron chi connectivity index (χ1n) is 6.09. The first kappa shape index (κ1) is 14.9. The maximum absolute atomic E-state index is 11.5. The van der Waals surface area contributed by atoms with Gasteiger partial charge in [-0.05, 0) is 30.3 Å². The van der Waals surface area contributed by atoms with E-state index < -0.39 is 6.09 Å². The van der Waals surface area contributed by atoms with Crippen LogP contribution in [0, 0.1) is 0 Å². The van der Waals surface area contributed by atoms with Gasteiger partial charge < -0.3 is 4.74 Å². The normalized spacial score (nSPS) is 10.4. The second-order valence-corrected chi connectivity index (χ2v) is 4.43. The third-order valence-electron chi connectivity index (χ3n) is 2.54. The summed E-state index contributed by atoms with van der Waals surface area (Å²) in [5.74, 6) is 0.639. The van der Waals surface area contributed by atoms with Gasteiger partial charge in [-0.2, -0.15) is 0 Å². The van der Waals surface area contributed by atoms with Crippen LogP contribution in [0.15, 0.2) is 53.7 Å². The number of carbonyl (C=O) groups excluding carboxylic acids is 1. The number of benzene rings is 2. The Hall–Kier alpha value is -2.53. The second-order valence-electron chi connectivity index (χ2n) is 3.99. The monoisotopic (exact) mass is 304 g/mol. The third kappa shape index (κ3) is 4.50. The molecule has 0 aromatic heterocycles. The van der Waals surface area contributed by atoms with Gasteiger partial charge in [-0.3, -0.25) is 10.2 Å². The Morgan fingerprint density at radius 1 is 1.24 bits per heavy atom. The number of rotatable bonds is 4. The van der Waals surface area contributed by atoms with Crippen molar-refractivity contribution in [1.29, 1.82) is 0 Å². The Morgan fingerprint density at radius 2 is 2.05 bits per heavy atom. The molecular weight excluding hydrogens is 292 g/mol. The van der Waals surface area contributed by atoms with E-state index in [1.807, 2.05) is 12.1 Å². The molecule has 0 spiro atoms. The number of hydrogen-bond acceptors (Lipinski definition) is 4. The van der Waals surface area contributed by atoms with E-state index in [0.717, 1.165) is 0 Å². The van der Waals surface area contributed by atoms with Crippen LogP contribution in [0.25, 0.3) is 0 Å². The first-order chi connectivity index (χ1) is 10.2. The zero-order valence-corrected chi connectivity index (χ0v) is 12.0. The van der Waals surface area contributed by atoms with Crippen molar-refractivity contribution < 1.29 is 14.4 Å². The molecule has 0 heterocycles. The van der Waals surface area contributed by atoms with Crippen LogP contribution < -0.4 is 10.1 Å². The lowest BCUT2D eigenvalue weighted by molar-refractivity contribution is 0.167. The maximum atomic E-state index is 11.5. The van der Waals surface area contributed by atoms with Gasteiger partial charge in [0, 0.05) is 16.3 Å². The minimum absolute atomic E-state index is 0.519. The van der Waals surface area contributed by atoms with E-state index in [4.69, 9.17) is 21.2 Å². The number of halogens is 1. The van der Waals surface area contributed by atoms with Gasteiger partial charge in [0.15, 0.2) is 0 Å². The maximum Gasteiger partial charge on any atom is 0.437 e. The van der Waals surface area contributed by atoms with Crippen LogP contribution >= 0.6 is 11.6 Å². The number of ether oxygens (including phenoxy) is 1. The van der Waals surface area contributed by atoms with Crippen molar-refractivity contribution in [2.75, 3.05) is 12.4 Å². The highest BCUT2D eigenvalue weighted by atomic mass is 35.5. The summed E-state index contributed by atoms with van der Waals surface area (Å²) in [6.07, 6.45) is 0.694. The molecule has 2 aromatic rings. The fourth-order valence-electron chi connectivity index (χ4n) is 1.61. The van der Waals surface area contributed by atoms with E-state index in [1.54, 1.807) is 43.5 Å². The number of oxime groups is 1. The Labute approximate surface area is 127 Å². The average Bonchev–Trinajstić information content (AvgIpc) is 2.47. The number of anilines is 1. The number of para-hydroxylation sites is 1. The smallest absolute Gasteiger partial charge is 0.437 e. The summed E-state index contributed by atoms with van der Waals surface area (Å²) < 4.78 is 5.15. The summed E-state index contributed by atoms with van der Waals surface area (Å²) in [5.41, 5.74) is 1.23. The molecule has 0 aliphatic heterocycles. The predicted molar refractivity (Wildman–Crippen MR) is 82.1 cm³/mol. The van der Waals surface area contributed by atoms with Gasteiger partial charge in [-0.25, -0.2) is 4.79 Å². The Kier molecular flexibility index (Phi) is 5.17. The molecule has 5 nitrogen and oxygen atoms in total. The number of hydrogen-bond donors (Lipinski definition) is 1. The number of methoxy groups -OCH3 is 1. The number of nitrogens with one attached hydrogen (secondary N) is 1. The fraction of sp³-hybridized carbons (Fsp3) is 0.0667. The zero-order chi connectivity index (χ0) is 15.1. The lowest BCUT2D eigenvalue weighted by Gasteiger charge is -2.04. The minimum Gasteiger partial charge on any atom is -0.496 e. The van der Waals surface area contributed by atoms with Crippen molar-refractivity contribution in [3.8, 4) is 5.75 Å². The molecule has 0 unspecified atom stereocenters. The lowest BCUT2D eigenvalue weighted by Crippen LogP contribution is -2.10. The van der Waals surface area contributed by atoms with Crippen LogP contribution in [0.1, 0.15) is 5.56 Å². The third-order valence-corrected chi connectivity index (χ3v) is 2.77. The molecule has 0 saturated carbocycles. The van der Waals surface area contributed by atoms with Crippen molar-refractivity contribution in [2.45, 2.75) is 0 Å². The highest BCUT2D eigenvalue weighted by molar-refractivity contribution is 6.30.